The molecule has 4 heteroatoms. The highest BCUT2D eigenvalue weighted by Gasteiger charge is 2.02. The van der Waals surface area contributed by atoms with E-state index in [0.717, 1.165) is 5.56 Å². The van der Waals surface area contributed by atoms with Crippen molar-refractivity contribution in [3.8, 4) is 5.75 Å². The summed E-state index contributed by atoms with van der Waals surface area (Å²) in [5.41, 5.74) is 7.47. The number of ether oxygens (including phenoxy) is 1. The Labute approximate surface area is 95.8 Å². The highest BCUT2D eigenvalue weighted by atomic mass is 16.5. The Balaban J connectivity index is 2.40. The predicted molar refractivity (Wildman–Crippen MR) is 64.4 cm³/mol. The maximum absolute atomic E-state index is 11.1. The molecule has 0 bridgehead atoms. The van der Waals surface area contributed by atoms with Crippen LogP contribution >= 0.6 is 0 Å². The molecule has 0 aliphatic heterocycles. The van der Waals surface area contributed by atoms with Crippen molar-refractivity contribution < 1.29 is 9.53 Å². The van der Waals surface area contributed by atoms with Crippen LogP contribution in [0, 0.1) is 6.92 Å². The molecule has 3 N–H and O–H groups in total. The Hall–Kier alpha value is -1.71. The Morgan fingerprint density at radius 1 is 1.50 bits per heavy atom. The van der Waals surface area contributed by atoms with Crippen LogP contribution in [0.2, 0.25) is 0 Å². The first-order valence-corrected chi connectivity index (χ1v) is 5.39. The predicted octanol–water partition coefficient (Wildman–Crippen LogP) is 1.48. The summed E-state index contributed by atoms with van der Waals surface area (Å²) < 4.78 is 5.42. The molecule has 0 radical (unpaired) electrons. The molecule has 0 fully saturated rings. The molecule has 0 aromatic heterocycles. The number of amides is 1. The molecular formula is C12H18N2O2. The van der Waals surface area contributed by atoms with Crippen LogP contribution in [-0.2, 0) is 4.79 Å². The minimum atomic E-state index is -0.00631. The minimum absolute atomic E-state index is 0.00631. The number of hydrogen-bond acceptors (Lipinski definition) is 3. The van der Waals surface area contributed by atoms with Gasteiger partial charge in [-0.15, -0.1) is 0 Å². The van der Waals surface area contributed by atoms with Crippen LogP contribution in [0.25, 0.3) is 0 Å². The molecule has 0 aliphatic carbocycles. The van der Waals surface area contributed by atoms with E-state index in [4.69, 9.17) is 10.5 Å². The molecule has 1 amide bonds. The number of carbonyl (C=O) groups excluding carboxylic acids is 1. The number of rotatable bonds is 5. The molecule has 0 aliphatic rings. The van der Waals surface area contributed by atoms with E-state index in [1.807, 2.05) is 32.0 Å². The topological polar surface area (TPSA) is 64.3 Å². The van der Waals surface area contributed by atoms with Crippen molar-refractivity contribution in [1.29, 1.82) is 0 Å². The number of nitrogens with two attached hydrogens (primary N) is 1. The number of hydrogen-bond donors (Lipinski definition) is 2. The Bertz CT molecular complexity index is 364. The molecule has 0 saturated heterocycles. The molecule has 1 aromatic carbocycles. The first-order valence-electron chi connectivity index (χ1n) is 5.39. The van der Waals surface area contributed by atoms with Crippen LogP contribution in [0.15, 0.2) is 18.2 Å². The van der Waals surface area contributed by atoms with Gasteiger partial charge in [0.05, 0.1) is 18.7 Å². The molecule has 4 nitrogen and oxygen atoms in total. The van der Waals surface area contributed by atoms with Gasteiger partial charge in [0.25, 0.3) is 0 Å². The van der Waals surface area contributed by atoms with Gasteiger partial charge in [-0.3, -0.25) is 4.79 Å². The van der Waals surface area contributed by atoms with Crippen molar-refractivity contribution in [2.45, 2.75) is 20.3 Å². The molecule has 0 spiro atoms. The number of carbonyl (C=O) groups is 1. The van der Waals surface area contributed by atoms with Gasteiger partial charge in [0.2, 0.25) is 5.91 Å². The number of anilines is 1. The third kappa shape index (κ3) is 3.81. The zero-order valence-electron chi connectivity index (χ0n) is 9.75. The van der Waals surface area contributed by atoms with Gasteiger partial charge in [-0.2, -0.15) is 0 Å². The summed E-state index contributed by atoms with van der Waals surface area (Å²) in [6.45, 7) is 4.84. The summed E-state index contributed by atoms with van der Waals surface area (Å²) in [5.74, 6) is 0.628. The van der Waals surface area contributed by atoms with Crippen LogP contribution in [0.5, 0.6) is 5.75 Å². The largest absolute Gasteiger partial charge is 0.491 e. The van der Waals surface area contributed by atoms with Crippen molar-refractivity contribution in [2.75, 3.05) is 18.9 Å². The van der Waals surface area contributed by atoms with Crippen LogP contribution in [0.4, 0.5) is 5.69 Å². The van der Waals surface area contributed by atoms with Gasteiger partial charge in [-0.05, 0) is 31.5 Å². The number of aryl methyl sites for hydroxylation is 1. The molecule has 0 atom stereocenters. The third-order valence-corrected chi connectivity index (χ3v) is 2.13. The molecule has 16 heavy (non-hydrogen) atoms. The molecule has 0 heterocycles. The van der Waals surface area contributed by atoms with Crippen molar-refractivity contribution >= 4 is 11.6 Å². The van der Waals surface area contributed by atoms with Crippen molar-refractivity contribution in [3.05, 3.63) is 23.8 Å². The van der Waals surface area contributed by atoms with E-state index in [2.05, 4.69) is 5.32 Å². The van der Waals surface area contributed by atoms with Gasteiger partial charge < -0.3 is 15.8 Å². The van der Waals surface area contributed by atoms with Gasteiger partial charge in [0.15, 0.2) is 0 Å². The van der Waals surface area contributed by atoms with E-state index < -0.39 is 0 Å². The van der Waals surface area contributed by atoms with Crippen molar-refractivity contribution in [2.24, 2.45) is 0 Å². The average molecular weight is 222 g/mol. The number of benzene rings is 1. The maximum Gasteiger partial charge on any atom is 0.223 e. The maximum atomic E-state index is 11.1. The fourth-order valence-corrected chi connectivity index (χ4v) is 1.34. The second kappa shape index (κ2) is 6.00. The molecule has 0 unspecified atom stereocenters. The molecule has 1 aromatic rings. The van der Waals surface area contributed by atoms with E-state index >= 15 is 0 Å². The highest BCUT2D eigenvalue weighted by Crippen LogP contribution is 2.21. The van der Waals surface area contributed by atoms with E-state index in [-0.39, 0.29) is 5.91 Å². The summed E-state index contributed by atoms with van der Waals surface area (Å²) in [7, 11) is 0. The van der Waals surface area contributed by atoms with Gasteiger partial charge in [-0.1, -0.05) is 6.07 Å². The minimum Gasteiger partial charge on any atom is -0.491 e. The van der Waals surface area contributed by atoms with E-state index in [1.165, 1.54) is 0 Å². The summed E-state index contributed by atoms with van der Waals surface area (Å²) in [5, 5.41) is 2.71. The van der Waals surface area contributed by atoms with Crippen molar-refractivity contribution in [1.82, 2.24) is 5.32 Å². The Kier molecular flexibility index (Phi) is 4.64. The monoisotopic (exact) mass is 222 g/mol. The second-order valence-electron chi connectivity index (χ2n) is 3.59. The van der Waals surface area contributed by atoms with Gasteiger partial charge in [0.1, 0.15) is 5.75 Å². The second-order valence-corrected chi connectivity index (χ2v) is 3.59. The average Bonchev–Trinajstić information content (AvgIpc) is 2.22. The standard InChI is InChI=1S/C12H18N2O2/c1-3-14-12(15)6-7-16-11-5-4-9(2)8-10(11)13/h4-5,8H,3,6-7,13H2,1-2H3,(H,14,15). The normalized spacial score (nSPS) is 9.88. The van der Waals surface area contributed by atoms with Crippen LogP contribution in [0.3, 0.4) is 0 Å². The van der Waals surface area contributed by atoms with Gasteiger partial charge >= 0.3 is 0 Å². The lowest BCUT2D eigenvalue weighted by molar-refractivity contribution is -0.121. The lowest BCUT2D eigenvalue weighted by Gasteiger charge is -2.09. The summed E-state index contributed by atoms with van der Waals surface area (Å²) in [6.07, 6.45) is 0.348. The lowest BCUT2D eigenvalue weighted by atomic mass is 10.2. The molecular weight excluding hydrogens is 204 g/mol. The summed E-state index contributed by atoms with van der Waals surface area (Å²) in [4.78, 5) is 11.1. The third-order valence-electron chi connectivity index (χ3n) is 2.13. The van der Waals surface area contributed by atoms with Crippen LogP contribution < -0.4 is 15.8 Å². The van der Waals surface area contributed by atoms with Gasteiger partial charge in [0, 0.05) is 6.54 Å². The zero-order valence-corrected chi connectivity index (χ0v) is 9.75. The fourth-order valence-electron chi connectivity index (χ4n) is 1.34. The fraction of sp³-hybridized carbons (Fsp3) is 0.417. The highest BCUT2D eigenvalue weighted by molar-refractivity contribution is 5.75. The smallest absolute Gasteiger partial charge is 0.223 e. The number of nitrogens with one attached hydrogen (secondary N) is 1. The van der Waals surface area contributed by atoms with Crippen molar-refractivity contribution in [3.63, 3.8) is 0 Å². The van der Waals surface area contributed by atoms with E-state index in [0.29, 0.717) is 31.0 Å². The first kappa shape index (κ1) is 12.4. The molecule has 88 valence electrons. The lowest BCUT2D eigenvalue weighted by Crippen LogP contribution is -2.24. The Morgan fingerprint density at radius 2 is 2.25 bits per heavy atom. The van der Waals surface area contributed by atoms with Crippen LogP contribution in [-0.4, -0.2) is 19.1 Å². The summed E-state index contributed by atoms with van der Waals surface area (Å²) >= 11 is 0. The first-order chi connectivity index (χ1) is 7.63. The zero-order chi connectivity index (χ0) is 12.0. The number of nitrogen functional groups attached to an aromatic ring is 1. The molecule has 0 saturated carbocycles. The Morgan fingerprint density at radius 3 is 2.88 bits per heavy atom. The van der Waals surface area contributed by atoms with E-state index in [9.17, 15) is 4.79 Å². The summed E-state index contributed by atoms with van der Waals surface area (Å²) in [6, 6.07) is 5.60. The van der Waals surface area contributed by atoms with E-state index in [1.54, 1.807) is 0 Å². The SMILES string of the molecule is CCNC(=O)CCOc1ccc(C)cc1N. The molecule has 1 rings (SSSR count). The quantitative estimate of drug-likeness (QED) is 0.742. The van der Waals surface area contributed by atoms with Crippen LogP contribution in [0.1, 0.15) is 18.9 Å². The van der Waals surface area contributed by atoms with Gasteiger partial charge in [-0.25, -0.2) is 0 Å².